The highest BCUT2D eigenvalue weighted by molar-refractivity contribution is 6.40. The number of carbonyl (C=O) groups excluding carboxylic acids is 2. The van der Waals surface area contributed by atoms with Gasteiger partial charge in [-0.2, -0.15) is 0 Å². The summed E-state index contributed by atoms with van der Waals surface area (Å²) in [6, 6.07) is 10.9. The van der Waals surface area contributed by atoms with E-state index >= 15 is 0 Å². The molecule has 2 aromatic rings. The number of rotatable bonds is 6. The van der Waals surface area contributed by atoms with Crippen molar-refractivity contribution in [2.45, 2.75) is 13.5 Å². The summed E-state index contributed by atoms with van der Waals surface area (Å²) < 4.78 is 37.8. The Morgan fingerprint density at radius 3 is 2.39 bits per heavy atom. The Hall–Kier alpha value is -2.76. The van der Waals surface area contributed by atoms with E-state index < -0.39 is 29.0 Å². The van der Waals surface area contributed by atoms with Crippen LogP contribution in [-0.4, -0.2) is 18.4 Å². The molecule has 0 aliphatic carbocycles. The van der Waals surface area contributed by atoms with E-state index in [-0.39, 0.29) is 19.0 Å². The first-order valence-electron chi connectivity index (χ1n) is 6.90. The number of hydrogen-bond donors (Lipinski definition) is 0. The van der Waals surface area contributed by atoms with Gasteiger partial charge in [0.05, 0.1) is 6.61 Å². The van der Waals surface area contributed by atoms with Gasteiger partial charge in [-0.1, -0.05) is 30.3 Å². The fraction of sp³-hybridized carbons (Fsp3) is 0.176. The number of hydrogen-bond acceptors (Lipinski definition) is 4. The van der Waals surface area contributed by atoms with Crippen LogP contribution in [0.5, 0.6) is 5.75 Å². The van der Waals surface area contributed by atoms with Gasteiger partial charge in [0.1, 0.15) is 18.0 Å². The standard InChI is InChI=1S/C17H14F2O4/c1-2-22-17(21)16(20)14-12(18)8-9-13(15(14)19)23-10-11-6-4-3-5-7-11/h3-9H,2,10H2,1H3. The van der Waals surface area contributed by atoms with E-state index in [1.165, 1.54) is 6.92 Å². The van der Waals surface area contributed by atoms with Gasteiger partial charge in [0.2, 0.25) is 0 Å². The predicted octanol–water partition coefficient (Wildman–Crippen LogP) is 3.29. The second-order valence-corrected chi connectivity index (χ2v) is 4.56. The van der Waals surface area contributed by atoms with Crippen molar-refractivity contribution in [1.29, 1.82) is 0 Å². The molecule has 0 bridgehead atoms. The zero-order chi connectivity index (χ0) is 16.8. The van der Waals surface area contributed by atoms with E-state index in [1.54, 1.807) is 24.3 Å². The molecule has 0 amide bonds. The van der Waals surface area contributed by atoms with Crippen LogP contribution in [0.15, 0.2) is 42.5 Å². The van der Waals surface area contributed by atoms with E-state index in [2.05, 4.69) is 4.74 Å². The third kappa shape index (κ3) is 3.91. The van der Waals surface area contributed by atoms with E-state index in [9.17, 15) is 18.4 Å². The SMILES string of the molecule is CCOC(=O)C(=O)c1c(F)ccc(OCc2ccccc2)c1F. The third-order valence-corrected chi connectivity index (χ3v) is 2.98. The highest BCUT2D eigenvalue weighted by atomic mass is 19.1. The Morgan fingerprint density at radius 2 is 1.74 bits per heavy atom. The summed E-state index contributed by atoms with van der Waals surface area (Å²) >= 11 is 0. The molecule has 0 saturated carbocycles. The van der Waals surface area contributed by atoms with E-state index in [0.29, 0.717) is 0 Å². The summed E-state index contributed by atoms with van der Waals surface area (Å²) in [7, 11) is 0. The molecule has 6 heteroatoms. The number of ether oxygens (including phenoxy) is 2. The highest BCUT2D eigenvalue weighted by Gasteiger charge is 2.27. The lowest BCUT2D eigenvalue weighted by Crippen LogP contribution is -2.20. The number of carbonyl (C=O) groups is 2. The number of esters is 1. The van der Waals surface area contributed by atoms with Crippen LogP contribution in [0.2, 0.25) is 0 Å². The van der Waals surface area contributed by atoms with Crippen molar-refractivity contribution in [2.24, 2.45) is 0 Å². The molecule has 0 heterocycles. The molecule has 0 aromatic heterocycles. The Kier molecular flexibility index (Phi) is 5.41. The second-order valence-electron chi connectivity index (χ2n) is 4.56. The fourth-order valence-electron chi connectivity index (χ4n) is 1.89. The summed E-state index contributed by atoms with van der Waals surface area (Å²) in [6.45, 7) is 1.45. The van der Waals surface area contributed by atoms with Crippen LogP contribution < -0.4 is 4.74 Å². The summed E-state index contributed by atoms with van der Waals surface area (Å²) in [5.74, 6) is -5.38. The van der Waals surface area contributed by atoms with Crippen LogP contribution in [0.4, 0.5) is 8.78 Å². The van der Waals surface area contributed by atoms with Gasteiger partial charge in [-0.25, -0.2) is 13.6 Å². The van der Waals surface area contributed by atoms with Crippen LogP contribution in [0.1, 0.15) is 22.8 Å². The molecule has 0 unspecified atom stereocenters. The summed E-state index contributed by atoms with van der Waals surface area (Å²) in [6.07, 6.45) is 0. The third-order valence-electron chi connectivity index (χ3n) is 2.98. The Labute approximate surface area is 131 Å². The van der Waals surface area contributed by atoms with Crippen molar-refractivity contribution in [3.8, 4) is 5.75 Å². The second kappa shape index (κ2) is 7.49. The molecule has 0 radical (unpaired) electrons. The first-order chi connectivity index (χ1) is 11.0. The van der Waals surface area contributed by atoms with E-state index in [1.807, 2.05) is 6.07 Å². The maximum atomic E-state index is 14.3. The number of Topliss-reactive ketones (excluding diaryl/α,β-unsaturated/α-hetero) is 1. The van der Waals surface area contributed by atoms with Gasteiger partial charge in [0, 0.05) is 0 Å². The zero-order valence-electron chi connectivity index (χ0n) is 12.3. The van der Waals surface area contributed by atoms with Gasteiger partial charge in [0.25, 0.3) is 5.78 Å². The maximum Gasteiger partial charge on any atom is 0.379 e. The van der Waals surface area contributed by atoms with Gasteiger partial charge in [-0.05, 0) is 24.6 Å². The molecule has 0 atom stereocenters. The largest absolute Gasteiger partial charge is 0.486 e. The molecule has 0 N–H and O–H groups in total. The topological polar surface area (TPSA) is 52.6 Å². The molecule has 4 nitrogen and oxygen atoms in total. The summed E-state index contributed by atoms with van der Waals surface area (Å²) in [5.41, 5.74) is -0.205. The van der Waals surface area contributed by atoms with Crippen molar-refractivity contribution >= 4 is 11.8 Å². The van der Waals surface area contributed by atoms with Gasteiger partial charge in [-0.3, -0.25) is 4.79 Å². The first kappa shape index (κ1) is 16.6. The normalized spacial score (nSPS) is 10.2. The maximum absolute atomic E-state index is 14.3. The Morgan fingerprint density at radius 1 is 1.04 bits per heavy atom. The minimum Gasteiger partial charge on any atom is -0.486 e. The molecule has 23 heavy (non-hydrogen) atoms. The lowest BCUT2D eigenvalue weighted by molar-refractivity contribution is -0.137. The molecule has 0 spiro atoms. The summed E-state index contributed by atoms with van der Waals surface area (Å²) in [5, 5.41) is 0. The van der Waals surface area contributed by atoms with Crippen molar-refractivity contribution in [2.75, 3.05) is 6.61 Å². The van der Waals surface area contributed by atoms with Crippen LogP contribution >= 0.6 is 0 Å². The molecular formula is C17H14F2O4. The van der Waals surface area contributed by atoms with Crippen LogP contribution in [0, 0.1) is 11.6 Å². The van der Waals surface area contributed by atoms with Gasteiger partial charge >= 0.3 is 5.97 Å². The average molecular weight is 320 g/mol. The zero-order valence-corrected chi connectivity index (χ0v) is 12.3. The molecule has 2 aromatic carbocycles. The Balaban J connectivity index is 2.24. The first-order valence-corrected chi connectivity index (χ1v) is 6.90. The fourth-order valence-corrected chi connectivity index (χ4v) is 1.89. The average Bonchev–Trinajstić information content (AvgIpc) is 2.55. The van der Waals surface area contributed by atoms with Crippen molar-refractivity contribution in [3.05, 3.63) is 65.2 Å². The van der Waals surface area contributed by atoms with Gasteiger partial charge in [0.15, 0.2) is 11.6 Å². The van der Waals surface area contributed by atoms with E-state index in [4.69, 9.17) is 4.74 Å². The van der Waals surface area contributed by atoms with Crippen molar-refractivity contribution in [1.82, 2.24) is 0 Å². The van der Waals surface area contributed by atoms with Crippen LogP contribution in [0.3, 0.4) is 0 Å². The lowest BCUT2D eigenvalue weighted by atomic mass is 10.1. The number of halogens is 2. The molecule has 0 aliphatic rings. The number of benzene rings is 2. The van der Waals surface area contributed by atoms with Crippen LogP contribution in [-0.2, 0) is 16.1 Å². The van der Waals surface area contributed by atoms with Crippen LogP contribution in [0.25, 0.3) is 0 Å². The quantitative estimate of drug-likeness (QED) is 0.465. The molecule has 0 aliphatic heterocycles. The van der Waals surface area contributed by atoms with Gasteiger partial charge < -0.3 is 9.47 Å². The smallest absolute Gasteiger partial charge is 0.379 e. The lowest BCUT2D eigenvalue weighted by Gasteiger charge is -2.10. The number of ketones is 1. The van der Waals surface area contributed by atoms with Crippen molar-refractivity contribution < 1.29 is 27.8 Å². The predicted molar refractivity (Wildman–Crippen MR) is 78.1 cm³/mol. The molecule has 2 rings (SSSR count). The molecule has 120 valence electrons. The molecular weight excluding hydrogens is 306 g/mol. The van der Waals surface area contributed by atoms with E-state index in [0.717, 1.165) is 17.7 Å². The minimum atomic E-state index is -1.38. The minimum absolute atomic E-state index is 0.0381. The highest BCUT2D eigenvalue weighted by Crippen LogP contribution is 2.25. The monoisotopic (exact) mass is 320 g/mol. The Bertz CT molecular complexity index is 714. The molecule has 0 saturated heterocycles. The van der Waals surface area contributed by atoms with Crippen molar-refractivity contribution in [3.63, 3.8) is 0 Å². The van der Waals surface area contributed by atoms with Gasteiger partial charge in [-0.15, -0.1) is 0 Å². The summed E-state index contributed by atoms with van der Waals surface area (Å²) in [4.78, 5) is 23.2. The molecule has 0 fully saturated rings.